The third-order valence-corrected chi connectivity index (χ3v) is 4.40. The number of likely N-dealkylation sites (tertiary alicyclic amines) is 1. The van der Waals surface area contributed by atoms with Gasteiger partial charge in [0.15, 0.2) is 0 Å². The Morgan fingerprint density at radius 2 is 2.05 bits per heavy atom. The Balaban J connectivity index is 0.00000133. The molecule has 0 radical (unpaired) electrons. The van der Waals surface area contributed by atoms with Crippen molar-refractivity contribution < 1.29 is 4.39 Å². The van der Waals surface area contributed by atoms with E-state index < -0.39 is 0 Å². The monoisotopic (exact) mass is 304 g/mol. The summed E-state index contributed by atoms with van der Waals surface area (Å²) in [4.78, 5) is 2.32. The van der Waals surface area contributed by atoms with Gasteiger partial charge in [0.1, 0.15) is 5.82 Å². The summed E-state index contributed by atoms with van der Waals surface area (Å²) in [5.74, 6) is -0.190. The van der Waals surface area contributed by atoms with E-state index in [-0.39, 0.29) is 18.2 Å². The molecule has 0 aliphatic carbocycles. The second-order valence-electron chi connectivity index (χ2n) is 5.36. The molecule has 3 rings (SSSR count). The van der Waals surface area contributed by atoms with Gasteiger partial charge in [-0.05, 0) is 31.4 Å². The van der Waals surface area contributed by atoms with E-state index in [1.54, 1.807) is 12.1 Å². The van der Waals surface area contributed by atoms with Crippen LogP contribution in [0.4, 0.5) is 4.39 Å². The van der Waals surface area contributed by atoms with Gasteiger partial charge in [-0.3, -0.25) is 4.90 Å². The number of hydrogen-bond donors (Lipinski definition) is 1. The smallest absolute Gasteiger partial charge is 0.129 e. The van der Waals surface area contributed by atoms with E-state index in [1.165, 1.54) is 18.9 Å². The van der Waals surface area contributed by atoms with Crippen LogP contribution in [0.15, 0.2) is 18.2 Å². The summed E-state index contributed by atoms with van der Waals surface area (Å²) in [6.45, 7) is 2.65. The van der Waals surface area contributed by atoms with Crippen molar-refractivity contribution in [2.24, 2.45) is 0 Å². The first kappa shape index (κ1) is 15.0. The van der Waals surface area contributed by atoms with Crippen LogP contribution >= 0.6 is 24.0 Å². The number of benzene rings is 1. The molecule has 2 bridgehead atoms. The summed E-state index contributed by atoms with van der Waals surface area (Å²) in [5.41, 5.74) is 0.636. The summed E-state index contributed by atoms with van der Waals surface area (Å²) in [5, 5.41) is 4.17. The second kappa shape index (κ2) is 6.40. The number of rotatable bonds is 2. The molecule has 0 aromatic heterocycles. The van der Waals surface area contributed by atoms with Crippen molar-refractivity contribution in [3.05, 3.63) is 34.6 Å². The van der Waals surface area contributed by atoms with Gasteiger partial charge in [-0.15, -0.1) is 12.4 Å². The minimum Gasteiger partial charge on any atom is -0.310 e. The molecule has 0 saturated carbocycles. The molecule has 2 atom stereocenters. The topological polar surface area (TPSA) is 15.3 Å². The van der Waals surface area contributed by atoms with Crippen molar-refractivity contribution in [3.8, 4) is 0 Å². The third-order valence-electron chi connectivity index (χ3n) is 4.05. The van der Waals surface area contributed by atoms with Crippen LogP contribution in [0.3, 0.4) is 0 Å². The van der Waals surface area contributed by atoms with Gasteiger partial charge in [0, 0.05) is 42.3 Å². The molecule has 0 spiro atoms. The minimum atomic E-state index is -0.190. The quantitative estimate of drug-likeness (QED) is 0.902. The van der Waals surface area contributed by atoms with Gasteiger partial charge < -0.3 is 5.32 Å². The Labute approximate surface area is 124 Å². The largest absolute Gasteiger partial charge is 0.310 e. The molecule has 2 aliphatic rings. The molecule has 106 valence electrons. The molecule has 2 unspecified atom stereocenters. The van der Waals surface area contributed by atoms with Crippen LogP contribution < -0.4 is 5.32 Å². The highest BCUT2D eigenvalue weighted by atomic mass is 35.5. The Morgan fingerprint density at radius 3 is 2.84 bits per heavy atom. The van der Waals surface area contributed by atoms with Crippen molar-refractivity contribution in [1.82, 2.24) is 10.2 Å². The number of hydrogen-bond acceptors (Lipinski definition) is 2. The highest BCUT2D eigenvalue weighted by Gasteiger charge is 2.29. The van der Waals surface area contributed by atoms with E-state index in [4.69, 9.17) is 11.6 Å². The average Bonchev–Trinajstić information content (AvgIpc) is 2.67. The van der Waals surface area contributed by atoms with Gasteiger partial charge in [-0.25, -0.2) is 4.39 Å². The molecule has 1 N–H and O–H groups in total. The first-order chi connectivity index (χ1) is 8.72. The van der Waals surface area contributed by atoms with Crippen LogP contribution in [0.5, 0.6) is 0 Å². The Hall–Kier alpha value is -0.350. The van der Waals surface area contributed by atoms with Gasteiger partial charge in [-0.1, -0.05) is 17.7 Å². The molecule has 2 heterocycles. The Morgan fingerprint density at radius 1 is 1.26 bits per heavy atom. The summed E-state index contributed by atoms with van der Waals surface area (Å²) < 4.78 is 13.8. The predicted octanol–water partition coefficient (Wildman–Crippen LogP) is 3.23. The molecule has 19 heavy (non-hydrogen) atoms. The zero-order valence-corrected chi connectivity index (χ0v) is 12.3. The number of nitrogens with zero attached hydrogens (tertiary/aromatic N) is 1. The van der Waals surface area contributed by atoms with Gasteiger partial charge >= 0.3 is 0 Å². The van der Waals surface area contributed by atoms with Crippen LogP contribution in [0.1, 0.15) is 24.8 Å². The van der Waals surface area contributed by atoms with Gasteiger partial charge in [0.2, 0.25) is 0 Å². The SMILES string of the molecule is Cl.Fc1cccc(Cl)c1CN1CCC2CCC(C1)N2. The van der Waals surface area contributed by atoms with E-state index in [0.29, 0.717) is 29.2 Å². The van der Waals surface area contributed by atoms with Crippen LogP contribution in [0, 0.1) is 5.82 Å². The molecule has 2 aliphatic heterocycles. The Kier molecular flexibility index (Phi) is 5.07. The summed E-state index contributed by atoms with van der Waals surface area (Å²) >= 11 is 6.09. The summed E-state index contributed by atoms with van der Waals surface area (Å²) in [6, 6.07) is 6.15. The van der Waals surface area contributed by atoms with Crippen molar-refractivity contribution in [3.63, 3.8) is 0 Å². The minimum absolute atomic E-state index is 0. The fourth-order valence-electron chi connectivity index (χ4n) is 3.07. The molecule has 2 fully saturated rings. The van der Waals surface area contributed by atoms with Crippen molar-refractivity contribution in [2.75, 3.05) is 13.1 Å². The molecule has 2 nitrogen and oxygen atoms in total. The van der Waals surface area contributed by atoms with E-state index in [9.17, 15) is 4.39 Å². The summed E-state index contributed by atoms with van der Waals surface area (Å²) in [7, 11) is 0. The third kappa shape index (κ3) is 3.40. The lowest BCUT2D eigenvalue weighted by molar-refractivity contribution is 0.248. The van der Waals surface area contributed by atoms with E-state index in [2.05, 4.69) is 10.2 Å². The lowest BCUT2D eigenvalue weighted by Gasteiger charge is -2.24. The number of nitrogens with one attached hydrogen (secondary N) is 1. The van der Waals surface area contributed by atoms with E-state index in [0.717, 1.165) is 19.5 Å². The zero-order chi connectivity index (χ0) is 12.5. The highest BCUT2D eigenvalue weighted by molar-refractivity contribution is 6.31. The maximum absolute atomic E-state index is 13.8. The lowest BCUT2D eigenvalue weighted by Crippen LogP contribution is -2.35. The lowest BCUT2D eigenvalue weighted by atomic mass is 10.1. The van der Waals surface area contributed by atoms with Gasteiger partial charge in [0.05, 0.1) is 0 Å². The molecule has 2 saturated heterocycles. The summed E-state index contributed by atoms with van der Waals surface area (Å²) in [6.07, 6.45) is 3.69. The fourth-order valence-corrected chi connectivity index (χ4v) is 3.29. The Bertz CT molecular complexity index is 421. The number of halogens is 3. The van der Waals surface area contributed by atoms with E-state index >= 15 is 0 Å². The molecule has 1 aromatic rings. The van der Waals surface area contributed by atoms with Gasteiger partial charge in [0.25, 0.3) is 0 Å². The predicted molar refractivity (Wildman–Crippen MR) is 78.5 cm³/mol. The maximum atomic E-state index is 13.8. The molecular weight excluding hydrogens is 286 g/mol. The first-order valence-corrected chi connectivity index (χ1v) is 7.01. The maximum Gasteiger partial charge on any atom is 0.129 e. The molecule has 0 amide bonds. The standard InChI is InChI=1S/C14H18ClFN2.ClH/c15-13-2-1-3-14(16)12(13)9-18-7-6-10-4-5-11(8-18)17-10;/h1-3,10-11,17H,4-9H2;1H. The van der Waals surface area contributed by atoms with Crippen molar-refractivity contribution >= 4 is 24.0 Å². The van der Waals surface area contributed by atoms with Crippen LogP contribution in [-0.4, -0.2) is 30.1 Å². The second-order valence-corrected chi connectivity index (χ2v) is 5.77. The van der Waals surface area contributed by atoms with E-state index in [1.807, 2.05) is 0 Å². The molecule has 1 aromatic carbocycles. The molecule has 5 heteroatoms. The van der Waals surface area contributed by atoms with Crippen LogP contribution in [-0.2, 0) is 6.54 Å². The van der Waals surface area contributed by atoms with Crippen LogP contribution in [0.25, 0.3) is 0 Å². The number of fused-ring (bicyclic) bond motifs is 2. The van der Waals surface area contributed by atoms with Crippen LogP contribution in [0.2, 0.25) is 5.02 Å². The average molecular weight is 305 g/mol. The zero-order valence-electron chi connectivity index (χ0n) is 10.7. The van der Waals surface area contributed by atoms with Gasteiger partial charge in [-0.2, -0.15) is 0 Å². The van der Waals surface area contributed by atoms with Crippen molar-refractivity contribution in [2.45, 2.75) is 37.9 Å². The first-order valence-electron chi connectivity index (χ1n) is 6.63. The highest BCUT2D eigenvalue weighted by Crippen LogP contribution is 2.25. The fraction of sp³-hybridized carbons (Fsp3) is 0.571. The molecular formula is C14H19Cl2FN2. The van der Waals surface area contributed by atoms with Crippen molar-refractivity contribution in [1.29, 1.82) is 0 Å². The normalized spacial score (nSPS) is 26.8.